The number of aromatic nitrogens is 1. The number of rotatable bonds is 10. The molecule has 1 aliphatic heterocycles. The fourth-order valence-corrected chi connectivity index (χ4v) is 5.38. The highest BCUT2D eigenvalue weighted by atomic mass is 32.1. The Kier molecular flexibility index (Phi) is 8.33. The Morgan fingerprint density at radius 2 is 1.65 bits per heavy atom. The minimum atomic E-state index is -0.307. The third kappa shape index (κ3) is 6.37. The van der Waals surface area contributed by atoms with Gasteiger partial charge in [0.25, 0.3) is 5.91 Å². The standard InChI is InChI=1S/C34H30N4O4S/c1-2-40-27-17-11-23(12-18-27)29-19-20-30(42-29)33-32(28-10-6-7-21-35-28)37-34(43)38(33)25-15-13-24(14-16-25)36-31(39)22-41-26-8-4-3-5-9-26/h3-21,32-33H,2,22H2,1H3,(H,36,39)(H,37,43)/t32-,33+/m0/s1. The highest BCUT2D eigenvalue weighted by Crippen LogP contribution is 2.43. The van der Waals surface area contributed by atoms with Crippen molar-refractivity contribution in [3.05, 3.63) is 127 Å². The van der Waals surface area contributed by atoms with Crippen molar-refractivity contribution in [2.45, 2.75) is 19.0 Å². The van der Waals surface area contributed by atoms with Crippen LogP contribution in [0.1, 0.15) is 30.5 Å². The van der Waals surface area contributed by atoms with Crippen molar-refractivity contribution in [2.24, 2.45) is 0 Å². The number of thiocarbonyl (C=S) groups is 1. The van der Waals surface area contributed by atoms with E-state index in [0.717, 1.165) is 34.2 Å². The fraction of sp³-hybridized carbons (Fsp3) is 0.147. The number of carbonyl (C=O) groups is 1. The number of hydrogen-bond acceptors (Lipinski definition) is 6. The highest BCUT2D eigenvalue weighted by Gasteiger charge is 2.42. The number of benzene rings is 3. The molecule has 0 saturated carbocycles. The van der Waals surface area contributed by atoms with Gasteiger partial charge in [0.1, 0.15) is 29.1 Å². The molecule has 0 radical (unpaired) electrons. The Balaban J connectivity index is 1.24. The van der Waals surface area contributed by atoms with Gasteiger partial charge in [-0.25, -0.2) is 0 Å². The monoisotopic (exact) mass is 590 g/mol. The lowest BCUT2D eigenvalue weighted by molar-refractivity contribution is -0.118. The fourth-order valence-electron chi connectivity index (χ4n) is 5.04. The van der Waals surface area contributed by atoms with E-state index in [1.54, 1.807) is 6.20 Å². The van der Waals surface area contributed by atoms with E-state index in [9.17, 15) is 4.79 Å². The van der Waals surface area contributed by atoms with Crippen molar-refractivity contribution >= 4 is 34.6 Å². The number of hydrogen-bond donors (Lipinski definition) is 2. The number of furan rings is 1. The zero-order chi connectivity index (χ0) is 29.6. The van der Waals surface area contributed by atoms with Gasteiger partial charge in [-0.15, -0.1) is 0 Å². The predicted molar refractivity (Wildman–Crippen MR) is 170 cm³/mol. The molecule has 43 heavy (non-hydrogen) atoms. The van der Waals surface area contributed by atoms with Crippen LogP contribution in [0.5, 0.6) is 11.5 Å². The largest absolute Gasteiger partial charge is 0.494 e. The van der Waals surface area contributed by atoms with Crippen molar-refractivity contribution < 1.29 is 18.7 Å². The van der Waals surface area contributed by atoms with E-state index in [0.29, 0.717) is 23.2 Å². The van der Waals surface area contributed by atoms with Crippen LogP contribution in [0.2, 0.25) is 0 Å². The molecule has 2 atom stereocenters. The van der Waals surface area contributed by atoms with Crippen LogP contribution in [0.25, 0.3) is 11.3 Å². The van der Waals surface area contributed by atoms with Crippen LogP contribution >= 0.6 is 12.2 Å². The number of amides is 1. The second-order valence-corrected chi connectivity index (χ2v) is 10.2. The average Bonchev–Trinajstić information content (AvgIpc) is 3.67. The third-order valence-electron chi connectivity index (χ3n) is 7.01. The Hall–Kier alpha value is -5.15. The summed E-state index contributed by atoms with van der Waals surface area (Å²) in [6, 6.07) is 33.8. The number of nitrogens with zero attached hydrogens (tertiary/aromatic N) is 2. The van der Waals surface area contributed by atoms with Gasteiger partial charge in [-0.2, -0.15) is 0 Å². The number of nitrogens with one attached hydrogen (secondary N) is 2. The second-order valence-electron chi connectivity index (χ2n) is 9.85. The number of carbonyl (C=O) groups excluding carboxylic acids is 1. The van der Waals surface area contributed by atoms with Gasteiger partial charge in [0.2, 0.25) is 0 Å². The van der Waals surface area contributed by atoms with Gasteiger partial charge in [0.05, 0.1) is 18.3 Å². The van der Waals surface area contributed by atoms with Crippen molar-refractivity contribution in [3.63, 3.8) is 0 Å². The average molecular weight is 591 g/mol. The van der Waals surface area contributed by atoms with Crippen molar-refractivity contribution in [1.82, 2.24) is 10.3 Å². The van der Waals surface area contributed by atoms with Crippen LogP contribution in [0.4, 0.5) is 11.4 Å². The molecule has 2 N–H and O–H groups in total. The zero-order valence-electron chi connectivity index (χ0n) is 23.5. The Labute approximate surface area is 255 Å². The van der Waals surface area contributed by atoms with E-state index in [-0.39, 0.29) is 24.6 Å². The molecule has 1 saturated heterocycles. The lowest BCUT2D eigenvalue weighted by Crippen LogP contribution is -2.29. The molecule has 9 heteroatoms. The van der Waals surface area contributed by atoms with E-state index < -0.39 is 0 Å². The normalized spacial score (nSPS) is 16.0. The molecule has 8 nitrogen and oxygen atoms in total. The molecule has 1 aliphatic rings. The molecule has 0 aliphatic carbocycles. The first-order valence-electron chi connectivity index (χ1n) is 14.0. The first-order valence-corrected chi connectivity index (χ1v) is 14.4. The van der Waals surface area contributed by atoms with Crippen LogP contribution in [0.15, 0.2) is 120 Å². The molecule has 1 amide bonds. The summed E-state index contributed by atoms with van der Waals surface area (Å²) in [5, 5.41) is 6.88. The molecule has 5 aromatic rings. The minimum absolute atomic E-state index is 0.0884. The van der Waals surface area contributed by atoms with Gasteiger partial charge in [0.15, 0.2) is 11.7 Å². The van der Waals surface area contributed by atoms with Crippen molar-refractivity contribution in [2.75, 3.05) is 23.4 Å². The van der Waals surface area contributed by atoms with Crippen LogP contribution in [0.3, 0.4) is 0 Å². The van der Waals surface area contributed by atoms with Crippen molar-refractivity contribution in [1.29, 1.82) is 0 Å². The SMILES string of the molecule is CCOc1ccc(-c2ccc([C@@H]3[C@H](c4ccccn4)NC(=S)N3c3ccc(NC(=O)COc4ccccc4)cc3)o2)cc1. The molecular weight excluding hydrogens is 560 g/mol. The maximum atomic E-state index is 12.5. The quantitative estimate of drug-likeness (QED) is 0.169. The van der Waals surface area contributed by atoms with Gasteiger partial charge in [0, 0.05) is 23.1 Å². The summed E-state index contributed by atoms with van der Waals surface area (Å²) in [4.78, 5) is 19.1. The smallest absolute Gasteiger partial charge is 0.262 e. The summed E-state index contributed by atoms with van der Waals surface area (Å²) in [7, 11) is 0. The predicted octanol–water partition coefficient (Wildman–Crippen LogP) is 6.93. The molecule has 2 aromatic heterocycles. The Bertz CT molecular complexity index is 1680. The zero-order valence-corrected chi connectivity index (χ0v) is 24.3. The first kappa shape index (κ1) is 28.0. The number of anilines is 2. The van der Waals surface area contributed by atoms with Crippen LogP contribution in [0, 0.1) is 0 Å². The van der Waals surface area contributed by atoms with Crippen LogP contribution in [-0.4, -0.2) is 29.2 Å². The lowest BCUT2D eigenvalue weighted by Gasteiger charge is -2.26. The molecule has 1 fully saturated rings. The van der Waals surface area contributed by atoms with Crippen molar-refractivity contribution in [3.8, 4) is 22.8 Å². The molecule has 3 heterocycles. The maximum absolute atomic E-state index is 12.5. The minimum Gasteiger partial charge on any atom is -0.494 e. The van der Waals surface area contributed by atoms with Gasteiger partial charge in [-0.05, 0) is 104 Å². The van der Waals surface area contributed by atoms with E-state index in [4.69, 9.17) is 26.1 Å². The summed E-state index contributed by atoms with van der Waals surface area (Å²) < 4.78 is 17.6. The van der Waals surface area contributed by atoms with Gasteiger partial charge < -0.3 is 29.4 Å². The molecule has 0 bridgehead atoms. The molecule has 0 spiro atoms. The summed E-state index contributed by atoms with van der Waals surface area (Å²) >= 11 is 5.84. The van der Waals surface area contributed by atoms with Gasteiger partial charge >= 0.3 is 0 Å². The second kappa shape index (κ2) is 12.8. The Morgan fingerprint density at radius 1 is 0.907 bits per heavy atom. The van der Waals surface area contributed by atoms with E-state index in [1.165, 1.54) is 0 Å². The number of pyridine rings is 1. The van der Waals surface area contributed by atoms with Gasteiger partial charge in [-0.3, -0.25) is 9.78 Å². The lowest BCUT2D eigenvalue weighted by atomic mass is 10.0. The maximum Gasteiger partial charge on any atom is 0.262 e. The van der Waals surface area contributed by atoms with Crippen LogP contribution in [-0.2, 0) is 4.79 Å². The van der Waals surface area contributed by atoms with E-state index >= 15 is 0 Å². The molecule has 216 valence electrons. The summed E-state index contributed by atoms with van der Waals surface area (Å²) in [6.45, 7) is 2.48. The summed E-state index contributed by atoms with van der Waals surface area (Å²) in [5.74, 6) is 2.68. The highest BCUT2D eigenvalue weighted by molar-refractivity contribution is 7.80. The first-order chi connectivity index (χ1) is 21.1. The third-order valence-corrected chi connectivity index (χ3v) is 7.32. The van der Waals surface area contributed by atoms with E-state index in [1.807, 2.05) is 121 Å². The van der Waals surface area contributed by atoms with Crippen LogP contribution < -0.4 is 25.0 Å². The summed E-state index contributed by atoms with van der Waals surface area (Å²) in [5.41, 5.74) is 3.29. The molecular formula is C34H30N4O4S. The molecule has 6 rings (SSSR count). The number of para-hydroxylation sites is 1. The molecule has 3 aromatic carbocycles. The topological polar surface area (TPSA) is 88.9 Å². The Morgan fingerprint density at radius 3 is 2.37 bits per heavy atom. The molecule has 0 unspecified atom stereocenters. The van der Waals surface area contributed by atoms with E-state index in [2.05, 4.69) is 15.6 Å². The number of ether oxygens (including phenoxy) is 2. The summed E-state index contributed by atoms with van der Waals surface area (Å²) in [6.07, 6.45) is 1.77. The van der Waals surface area contributed by atoms with Gasteiger partial charge in [-0.1, -0.05) is 24.3 Å².